The number of carbonyl (C=O) groups is 1. The Morgan fingerprint density at radius 1 is 1.31 bits per heavy atom. The number of rotatable bonds is 4. The Morgan fingerprint density at radius 2 is 1.88 bits per heavy atom. The van der Waals surface area contributed by atoms with Gasteiger partial charge in [-0.2, -0.15) is 0 Å². The minimum absolute atomic E-state index is 0.118. The summed E-state index contributed by atoms with van der Waals surface area (Å²) in [5.74, 6) is 0.725. The maximum Gasteiger partial charge on any atom is 0.139 e. The van der Waals surface area contributed by atoms with Gasteiger partial charge in [0.15, 0.2) is 0 Å². The highest BCUT2D eigenvalue weighted by Crippen LogP contribution is 2.53. The average molecular weight is 226 g/mol. The Kier molecular flexibility index (Phi) is 3.83. The fraction of sp³-hybridized carbons (Fsp3) is 0.929. The molecule has 1 fully saturated rings. The van der Waals surface area contributed by atoms with E-state index in [1.54, 1.807) is 0 Å². The monoisotopic (exact) mass is 226 g/mol. The van der Waals surface area contributed by atoms with Gasteiger partial charge < -0.3 is 5.11 Å². The van der Waals surface area contributed by atoms with Crippen molar-refractivity contribution in [2.75, 3.05) is 0 Å². The van der Waals surface area contributed by atoms with Gasteiger partial charge in [0.25, 0.3) is 0 Å². The van der Waals surface area contributed by atoms with Crippen LogP contribution in [0.5, 0.6) is 0 Å². The normalized spacial score (nSPS) is 32.8. The maximum atomic E-state index is 11.8. The van der Waals surface area contributed by atoms with Crippen molar-refractivity contribution in [1.82, 2.24) is 0 Å². The van der Waals surface area contributed by atoms with Crippen LogP contribution in [0.25, 0.3) is 0 Å². The summed E-state index contributed by atoms with van der Waals surface area (Å²) in [5.41, 5.74) is -0.0708. The summed E-state index contributed by atoms with van der Waals surface area (Å²) in [6, 6.07) is 0. The van der Waals surface area contributed by atoms with Gasteiger partial charge in [-0.3, -0.25) is 4.79 Å². The Balaban J connectivity index is 2.63. The fourth-order valence-corrected chi connectivity index (χ4v) is 2.58. The van der Waals surface area contributed by atoms with Gasteiger partial charge in [0, 0.05) is 11.8 Å². The first kappa shape index (κ1) is 13.7. The molecule has 2 heteroatoms. The van der Waals surface area contributed by atoms with Crippen molar-refractivity contribution in [2.45, 2.75) is 66.4 Å². The van der Waals surface area contributed by atoms with Gasteiger partial charge in [-0.15, -0.1) is 0 Å². The number of aliphatic hydroxyl groups excluding tert-OH is 1. The topological polar surface area (TPSA) is 37.3 Å². The van der Waals surface area contributed by atoms with Crippen LogP contribution >= 0.6 is 0 Å². The van der Waals surface area contributed by atoms with Gasteiger partial charge in [0.05, 0.1) is 6.10 Å². The quantitative estimate of drug-likeness (QED) is 0.799. The summed E-state index contributed by atoms with van der Waals surface area (Å²) >= 11 is 0. The summed E-state index contributed by atoms with van der Waals surface area (Å²) in [5, 5.41) is 9.49. The van der Waals surface area contributed by atoms with Crippen LogP contribution in [0.3, 0.4) is 0 Å². The van der Waals surface area contributed by atoms with Gasteiger partial charge >= 0.3 is 0 Å². The molecule has 1 saturated carbocycles. The number of Topliss-reactive ketones (excluding diaryl/α,β-unsaturated/α-hetero) is 1. The Bertz CT molecular complexity index is 268. The van der Waals surface area contributed by atoms with Crippen molar-refractivity contribution in [2.24, 2.45) is 16.7 Å². The third kappa shape index (κ3) is 2.32. The lowest BCUT2D eigenvalue weighted by molar-refractivity contribution is -0.127. The van der Waals surface area contributed by atoms with Gasteiger partial charge in [-0.1, -0.05) is 27.7 Å². The highest BCUT2D eigenvalue weighted by molar-refractivity contribution is 5.87. The Labute approximate surface area is 99.4 Å². The maximum absolute atomic E-state index is 11.8. The van der Waals surface area contributed by atoms with Crippen molar-refractivity contribution in [3.05, 3.63) is 0 Å². The molecule has 3 unspecified atom stereocenters. The number of carbonyl (C=O) groups excluding carboxylic acids is 1. The molecule has 16 heavy (non-hydrogen) atoms. The molecule has 0 aromatic heterocycles. The molecule has 0 aliphatic heterocycles. The van der Waals surface area contributed by atoms with E-state index in [1.165, 1.54) is 0 Å². The zero-order valence-corrected chi connectivity index (χ0v) is 11.3. The molecule has 0 saturated heterocycles. The minimum atomic E-state index is -0.246. The lowest BCUT2D eigenvalue weighted by Gasteiger charge is -2.38. The molecule has 0 aromatic carbocycles. The minimum Gasteiger partial charge on any atom is -0.393 e. The second-order valence-corrected chi connectivity index (χ2v) is 6.37. The van der Waals surface area contributed by atoms with E-state index in [4.69, 9.17) is 0 Å². The third-order valence-corrected chi connectivity index (χ3v) is 5.08. The van der Waals surface area contributed by atoms with Crippen LogP contribution in [0.4, 0.5) is 0 Å². The molecule has 0 radical (unpaired) electrons. The van der Waals surface area contributed by atoms with Crippen molar-refractivity contribution in [3.63, 3.8) is 0 Å². The van der Waals surface area contributed by atoms with Crippen molar-refractivity contribution in [3.8, 4) is 0 Å². The molecule has 1 rings (SSSR count). The number of hydrogen-bond donors (Lipinski definition) is 1. The van der Waals surface area contributed by atoms with E-state index in [2.05, 4.69) is 27.7 Å². The van der Waals surface area contributed by atoms with Crippen molar-refractivity contribution in [1.29, 1.82) is 0 Å². The van der Waals surface area contributed by atoms with E-state index in [1.807, 2.05) is 6.92 Å². The zero-order chi connectivity index (χ0) is 12.6. The molecule has 0 aromatic rings. The Morgan fingerprint density at radius 3 is 2.25 bits per heavy atom. The molecule has 0 spiro atoms. The Hall–Kier alpha value is -0.370. The van der Waals surface area contributed by atoms with Crippen molar-refractivity contribution < 1.29 is 9.90 Å². The molecule has 0 amide bonds. The number of hydrogen-bond acceptors (Lipinski definition) is 2. The molecule has 1 aliphatic carbocycles. The second-order valence-electron chi connectivity index (χ2n) is 6.37. The second kappa shape index (κ2) is 4.48. The molecule has 2 nitrogen and oxygen atoms in total. The molecule has 3 atom stereocenters. The third-order valence-electron chi connectivity index (χ3n) is 5.08. The molecule has 0 heterocycles. The van der Waals surface area contributed by atoms with E-state index >= 15 is 0 Å². The van der Waals surface area contributed by atoms with Gasteiger partial charge in [0.2, 0.25) is 0 Å². The van der Waals surface area contributed by atoms with Crippen LogP contribution in [-0.4, -0.2) is 17.0 Å². The van der Waals surface area contributed by atoms with Crippen LogP contribution in [0, 0.1) is 16.7 Å². The molecule has 1 aliphatic rings. The summed E-state index contributed by atoms with van der Waals surface area (Å²) in [7, 11) is 0. The standard InChI is InChI=1S/C14H26O2/c1-10(11(2)15)6-8-14(5)9-7-12(16)13(14,3)4/h10-11,15H,6-9H2,1-5H3. The first-order valence-electron chi connectivity index (χ1n) is 6.42. The SMILES string of the molecule is CC(O)C(C)CCC1(C)CCC(=O)C1(C)C. The van der Waals surface area contributed by atoms with Crippen LogP contribution in [0.15, 0.2) is 0 Å². The van der Waals surface area contributed by atoms with Gasteiger partial charge in [0.1, 0.15) is 5.78 Å². The largest absolute Gasteiger partial charge is 0.393 e. The van der Waals surface area contributed by atoms with E-state index in [-0.39, 0.29) is 16.9 Å². The van der Waals surface area contributed by atoms with Crippen LogP contribution in [-0.2, 0) is 4.79 Å². The van der Waals surface area contributed by atoms with E-state index < -0.39 is 0 Å². The number of ketones is 1. The lowest BCUT2D eigenvalue weighted by atomic mass is 9.66. The lowest BCUT2D eigenvalue weighted by Crippen LogP contribution is -2.35. The molecule has 94 valence electrons. The first-order valence-corrected chi connectivity index (χ1v) is 6.42. The van der Waals surface area contributed by atoms with Gasteiger partial charge in [-0.05, 0) is 37.5 Å². The first-order chi connectivity index (χ1) is 7.21. The van der Waals surface area contributed by atoms with Crippen molar-refractivity contribution >= 4 is 5.78 Å². The number of aliphatic hydroxyl groups is 1. The summed E-state index contributed by atoms with van der Waals surface area (Å²) in [6.45, 7) is 10.3. The fourth-order valence-electron chi connectivity index (χ4n) is 2.58. The highest BCUT2D eigenvalue weighted by atomic mass is 16.3. The zero-order valence-electron chi connectivity index (χ0n) is 11.3. The molecule has 1 N–H and O–H groups in total. The van der Waals surface area contributed by atoms with Crippen LogP contribution in [0.1, 0.15) is 60.3 Å². The summed E-state index contributed by atoms with van der Waals surface area (Å²) in [6.07, 6.45) is 3.53. The van der Waals surface area contributed by atoms with E-state index in [0.717, 1.165) is 25.7 Å². The van der Waals surface area contributed by atoms with Gasteiger partial charge in [-0.25, -0.2) is 0 Å². The summed E-state index contributed by atoms with van der Waals surface area (Å²) < 4.78 is 0. The smallest absolute Gasteiger partial charge is 0.139 e. The molecular weight excluding hydrogens is 200 g/mol. The molecule has 0 bridgehead atoms. The summed E-state index contributed by atoms with van der Waals surface area (Å²) in [4.78, 5) is 11.8. The van der Waals surface area contributed by atoms with E-state index in [9.17, 15) is 9.90 Å². The molecular formula is C14H26O2. The van der Waals surface area contributed by atoms with Crippen LogP contribution in [0.2, 0.25) is 0 Å². The van der Waals surface area contributed by atoms with E-state index in [0.29, 0.717) is 11.7 Å². The van der Waals surface area contributed by atoms with Crippen LogP contribution < -0.4 is 0 Å². The predicted octanol–water partition coefficient (Wildman–Crippen LogP) is 3.18. The predicted molar refractivity (Wildman–Crippen MR) is 66.2 cm³/mol. The highest BCUT2D eigenvalue weighted by Gasteiger charge is 2.50. The average Bonchev–Trinajstić information content (AvgIpc) is 2.39.